The van der Waals surface area contributed by atoms with E-state index in [4.69, 9.17) is 5.26 Å². The van der Waals surface area contributed by atoms with Gasteiger partial charge in [0.15, 0.2) is 5.82 Å². The number of pyridine rings is 1. The van der Waals surface area contributed by atoms with E-state index < -0.39 is 5.82 Å². The number of benzene rings is 1. The predicted molar refractivity (Wildman–Crippen MR) is 73.1 cm³/mol. The fourth-order valence-corrected chi connectivity index (χ4v) is 1.93. The van der Waals surface area contributed by atoms with Crippen molar-refractivity contribution in [3.05, 3.63) is 60.2 Å². The van der Waals surface area contributed by atoms with Gasteiger partial charge in [0.2, 0.25) is 5.88 Å². The van der Waals surface area contributed by atoms with E-state index in [0.717, 1.165) is 11.8 Å². The summed E-state index contributed by atoms with van der Waals surface area (Å²) in [4.78, 5) is 3.87. The second kappa shape index (κ2) is 5.06. The third-order valence-corrected chi connectivity index (χ3v) is 3.00. The zero-order valence-corrected chi connectivity index (χ0v) is 10.7. The van der Waals surface area contributed by atoms with E-state index in [-0.39, 0.29) is 5.88 Å². The van der Waals surface area contributed by atoms with E-state index in [9.17, 15) is 9.50 Å². The fourth-order valence-electron chi connectivity index (χ4n) is 1.93. The Hall–Kier alpha value is -3.20. The van der Waals surface area contributed by atoms with Gasteiger partial charge >= 0.3 is 0 Å². The highest BCUT2D eigenvalue weighted by Crippen LogP contribution is 2.30. The van der Waals surface area contributed by atoms with Crippen molar-refractivity contribution in [3.8, 4) is 28.9 Å². The molecule has 0 aliphatic rings. The van der Waals surface area contributed by atoms with Gasteiger partial charge < -0.3 is 5.11 Å². The molecule has 0 aliphatic carbocycles. The number of rotatable bonds is 2. The lowest BCUT2D eigenvalue weighted by molar-refractivity contribution is 0.433. The van der Waals surface area contributed by atoms with Crippen LogP contribution in [0.3, 0.4) is 0 Å². The van der Waals surface area contributed by atoms with Gasteiger partial charge in [-0.15, -0.1) is 0 Å². The van der Waals surface area contributed by atoms with Gasteiger partial charge in [-0.2, -0.15) is 15.0 Å². The molecule has 1 aromatic carbocycles. The Morgan fingerprint density at radius 3 is 2.48 bits per heavy atom. The molecule has 0 unspecified atom stereocenters. The summed E-state index contributed by atoms with van der Waals surface area (Å²) in [6.45, 7) is 0. The van der Waals surface area contributed by atoms with Crippen molar-refractivity contribution in [2.45, 2.75) is 0 Å². The third-order valence-electron chi connectivity index (χ3n) is 3.00. The molecule has 21 heavy (non-hydrogen) atoms. The second-order valence-electron chi connectivity index (χ2n) is 4.32. The van der Waals surface area contributed by atoms with Gasteiger partial charge in [0.1, 0.15) is 5.82 Å². The summed E-state index contributed by atoms with van der Waals surface area (Å²) < 4.78 is 14.1. The van der Waals surface area contributed by atoms with Crippen molar-refractivity contribution in [1.82, 2.24) is 14.8 Å². The van der Waals surface area contributed by atoms with Crippen LogP contribution in [0.4, 0.5) is 4.39 Å². The number of nitriles is 1. The number of hydrogen-bond acceptors (Lipinski definition) is 4. The number of halogens is 1. The van der Waals surface area contributed by atoms with E-state index in [0.29, 0.717) is 16.9 Å². The molecule has 0 amide bonds. The minimum absolute atomic E-state index is 0.0983. The van der Waals surface area contributed by atoms with Crippen LogP contribution in [-0.2, 0) is 0 Å². The first-order valence-electron chi connectivity index (χ1n) is 6.08. The largest absolute Gasteiger partial charge is 0.493 e. The van der Waals surface area contributed by atoms with E-state index in [1.54, 1.807) is 24.3 Å². The summed E-state index contributed by atoms with van der Waals surface area (Å²) in [6.07, 6.45) is 2.54. The summed E-state index contributed by atoms with van der Waals surface area (Å²) in [6, 6.07) is 11.4. The maximum Gasteiger partial charge on any atom is 0.223 e. The quantitative estimate of drug-likeness (QED) is 0.783. The summed E-state index contributed by atoms with van der Waals surface area (Å²) >= 11 is 0. The molecule has 2 heterocycles. The molecule has 3 aromatic rings. The molecular weight excluding hydrogens is 271 g/mol. The highest BCUT2D eigenvalue weighted by atomic mass is 19.1. The van der Waals surface area contributed by atoms with Gasteiger partial charge in [-0.25, -0.2) is 9.37 Å². The van der Waals surface area contributed by atoms with E-state index in [1.165, 1.54) is 23.0 Å². The lowest BCUT2D eigenvalue weighted by Gasteiger charge is -2.03. The lowest BCUT2D eigenvalue weighted by atomic mass is 10.1. The van der Waals surface area contributed by atoms with Gasteiger partial charge in [0.05, 0.1) is 29.6 Å². The van der Waals surface area contributed by atoms with Crippen LogP contribution in [0.15, 0.2) is 48.8 Å². The highest BCUT2D eigenvalue weighted by molar-refractivity contribution is 5.69. The Morgan fingerprint density at radius 1 is 1.10 bits per heavy atom. The van der Waals surface area contributed by atoms with Crippen LogP contribution in [0, 0.1) is 17.1 Å². The molecule has 0 spiro atoms. The zero-order chi connectivity index (χ0) is 14.8. The molecule has 0 aliphatic heterocycles. The van der Waals surface area contributed by atoms with E-state index in [1.807, 2.05) is 6.07 Å². The van der Waals surface area contributed by atoms with Crippen molar-refractivity contribution in [3.63, 3.8) is 0 Å². The minimum atomic E-state index is -0.460. The van der Waals surface area contributed by atoms with Crippen LogP contribution < -0.4 is 0 Å². The number of hydrogen-bond donors (Lipinski definition) is 1. The first kappa shape index (κ1) is 12.8. The van der Waals surface area contributed by atoms with Crippen LogP contribution in [0.25, 0.3) is 16.9 Å². The van der Waals surface area contributed by atoms with Gasteiger partial charge in [-0.1, -0.05) is 12.1 Å². The standard InChI is InChI=1S/C15H9FN4O/c16-12-5-6-14(18-8-12)20-15(21)13(9-19-20)11-3-1-10(7-17)2-4-11/h1-6,8-9,21H. The molecule has 1 N–H and O–H groups in total. The average Bonchev–Trinajstić information content (AvgIpc) is 2.90. The maximum atomic E-state index is 12.9. The van der Waals surface area contributed by atoms with E-state index in [2.05, 4.69) is 10.1 Å². The monoisotopic (exact) mass is 280 g/mol. The second-order valence-corrected chi connectivity index (χ2v) is 4.32. The van der Waals surface area contributed by atoms with Crippen molar-refractivity contribution >= 4 is 0 Å². The molecule has 0 saturated heterocycles. The molecule has 5 nitrogen and oxygen atoms in total. The first-order chi connectivity index (χ1) is 10.2. The summed E-state index contributed by atoms with van der Waals surface area (Å²) in [5.74, 6) is -0.245. The Morgan fingerprint density at radius 2 is 1.86 bits per heavy atom. The molecule has 3 rings (SSSR count). The topological polar surface area (TPSA) is 74.7 Å². The molecule has 0 bridgehead atoms. The van der Waals surface area contributed by atoms with Crippen molar-refractivity contribution in [2.24, 2.45) is 0 Å². The highest BCUT2D eigenvalue weighted by Gasteiger charge is 2.13. The minimum Gasteiger partial charge on any atom is -0.493 e. The predicted octanol–water partition coefficient (Wildman–Crippen LogP) is 2.65. The average molecular weight is 280 g/mol. The van der Waals surface area contributed by atoms with Crippen LogP contribution in [0.1, 0.15) is 5.56 Å². The summed E-state index contributed by atoms with van der Waals surface area (Å²) in [5, 5.41) is 23.1. The van der Waals surface area contributed by atoms with Gasteiger partial charge in [-0.05, 0) is 29.8 Å². The molecule has 6 heteroatoms. The Labute approximate surface area is 119 Å². The summed E-state index contributed by atoms with van der Waals surface area (Å²) in [7, 11) is 0. The molecule has 0 fully saturated rings. The lowest BCUT2D eigenvalue weighted by Crippen LogP contribution is -1.98. The van der Waals surface area contributed by atoms with Crippen LogP contribution in [0.2, 0.25) is 0 Å². The molecular formula is C15H9FN4O. The van der Waals surface area contributed by atoms with E-state index >= 15 is 0 Å². The van der Waals surface area contributed by atoms with Crippen molar-refractivity contribution in [2.75, 3.05) is 0 Å². The van der Waals surface area contributed by atoms with Crippen LogP contribution in [-0.4, -0.2) is 19.9 Å². The Kier molecular flexibility index (Phi) is 3.09. The molecule has 2 aromatic heterocycles. The smallest absolute Gasteiger partial charge is 0.223 e. The molecule has 0 atom stereocenters. The van der Waals surface area contributed by atoms with Crippen LogP contribution in [0.5, 0.6) is 5.88 Å². The number of nitrogens with zero attached hydrogens (tertiary/aromatic N) is 4. The maximum absolute atomic E-state index is 12.9. The van der Waals surface area contributed by atoms with Gasteiger partial charge in [0.25, 0.3) is 0 Å². The Balaban J connectivity index is 2.02. The molecule has 0 saturated carbocycles. The molecule has 0 radical (unpaired) electrons. The number of aromatic nitrogens is 3. The summed E-state index contributed by atoms with van der Waals surface area (Å²) in [5.41, 5.74) is 1.76. The van der Waals surface area contributed by atoms with Crippen LogP contribution >= 0.6 is 0 Å². The molecule has 102 valence electrons. The van der Waals surface area contributed by atoms with Crippen molar-refractivity contribution < 1.29 is 9.50 Å². The fraction of sp³-hybridized carbons (Fsp3) is 0. The zero-order valence-electron chi connectivity index (χ0n) is 10.7. The van der Waals surface area contributed by atoms with Crippen molar-refractivity contribution in [1.29, 1.82) is 5.26 Å². The normalized spacial score (nSPS) is 10.3. The number of aromatic hydroxyl groups is 1. The van der Waals surface area contributed by atoms with Gasteiger partial charge in [-0.3, -0.25) is 0 Å². The first-order valence-corrected chi connectivity index (χ1v) is 6.08. The SMILES string of the molecule is N#Cc1ccc(-c2cnn(-c3ccc(F)cn3)c2O)cc1. The Bertz CT molecular complexity index is 816. The third kappa shape index (κ3) is 2.32. The van der Waals surface area contributed by atoms with Gasteiger partial charge in [0, 0.05) is 0 Å².